The average molecular weight is 1220 g/mol. The van der Waals surface area contributed by atoms with Crippen LogP contribution in [-0.4, -0.2) is 39.9 Å². The first kappa shape index (κ1) is 62.5. The van der Waals surface area contributed by atoms with Crippen LogP contribution >= 0.6 is 0 Å². The van der Waals surface area contributed by atoms with Crippen LogP contribution < -0.4 is 19.6 Å². The summed E-state index contributed by atoms with van der Waals surface area (Å²) in [6.07, 6.45) is 17.4. The first-order valence-corrected chi connectivity index (χ1v) is 32.6. The SMILES string of the molecule is CCc1cncnc1N(c1ccc(C(C)(C)C)cc1)c1cc(N(c2ccc(C(C)(C)C)cc2)c2ncncc2CC)c2ccc3c(N(c4ccc(C(C)(C)C)cc4)c4ncncc4CC)cc(N(c4ccc(C(C)(C)C)cc4)c4ncncc4CC)c4ccc1c2c43. The Labute approximate surface area is 543 Å². The minimum atomic E-state index is -0.0849. The number of benzene rings is 8. The van der Waals surface area contributed by atoms with Gasteiger partial charge in [-0.05, 0) is 130 Å². The van der Waals surface area contributed by atoms with Crippen LogP contribution in [0.5, 0.6) is 0 Å². The van der Waals surface area contributed by atoms with Crippen LogP contribution in [0.25, 0.3) is 32.3 Å². The number of hydrogen-bond acceptors (Lipinski definition) is 12. The standard InChI is InChI=1S/C80H86N12/c1-17-51-43-81-47-85-73(51)89(59-29-21-55(22-30-59)77(5,6)7)67-41-68(90(74-52(18-2)44-82-48-86-74)60-31-23-56(24-32-60)78(8,9)10)64-39-40-66-70(92(76-54(20-4)46-84-50-88-76)62-35-27-58(28-36-62)80(14,15)16)42-69(65-38-37-63(67)71(64)72(65)66)91(75-53(19-3)45-83-49-87-75)61-33-25-57(26-34-61)79(11,12)13/h21-50H,17-20H2,1-16H3. The van der Waals surface area contributed by atoms with Gasteiger partial charge in [-0.15, -0.1) is 0 Å². The highest BCUT2D eigenvalue weighted by Gasteiger charge is 2.33. The molecule has 0 aliphatic rings. The summed E-state index contributed by atoms with van der Waals surface area (Å²) in [5, 5.41) is 6.24. The fourth-order valence-corrected chi connectivity index (χ4v) is 12.8. The highest BCUT2D eigenvalue weighted by Crippen LogP contribution is 2.56. The molecule has 0 N–H and O–H groups in total. The second-order valence-electron chi connectivity index (χ2n) is 28.3. The summed E-state index contributed by atoms with van der Waals surface area (Å²) in [5.74, 6) is 3.19. The maximum atomic E-state index is 5.26. The second-order valence-corrected chi connectivity index (χ2v) is 28.3. The summed E-state index contributed by atoms with van der Waals surface area (Å²) in [6.45, 7) is 35.9. The van der Waals surface area contributed by atoms with Crippen molar-refractivity contribution >= 4 is 101 Å². The molecule has 0 saturated heterocycles. The average Bonchev–Trinajstić information content (AvgIpc) is 0.700. The zero-order valence-corrected chi connectivity index (χ0v) is 56.5. The van der Waals surface area contributed by atoms with Crippen molar-refractivity contribution < 1.29 is 0 Å². The Morgan fingerprint density at radius 3 is 0.641 bits per heavy atom. The molecule has 12 heteroatoms. The largest absolute Gasteiger partial charge is 0.294 e. The Morgan fingerprint density at radius 1 is 0.272 bits per heavy atom. The van der Waals surface area contributed by atoms with E-state index in [1.165, 1.54) is 22.3 Å². The van der Waals surface area contributed by atoms with Crippen molar-refractivity contribution in [1.29, 1.82) is 0 Å². The fraction of sp³-hybridized carbons (Fsp3) is 0.300. The molecule has 92 heavy (non-hydrogen) atoms. The zero-order valence-electron chi connectivity index (χ0n) is 56.5. The molecule has 466 valence electrons. The molecule has 12 aromatic rings. The normalized spacial score (nSPS) is 12.3. The molecular formula is C80H86N12. The fourth-order valence-electron chi connectivity index (χ4n) is 12.8. The Kier molecular flexibility index (Phi) is 16.6. The third-order valence-electron chi connectivity index (χ3n) is 18.2. The smallest absolute Gasteiger partial charge is 0.144 e. The Hall–Kier alpha value is -9.68. The van der Waals surface area contributed by atoms with Crippen LogP contribution in [0.15, 0.2) is 184 Å². The van der Waals surface area contributed by atoms with Gasteiger partial charge in [-0.25, -0.2) is 39.9 Å². The van der Waals surface area contributed by atoms with E-state index in [-0.39, 0.29) is 21.7 Å². The molecule has 0 spiro atoms. The van der Waals surface area contributed by atoms with E-state index in [1.54, 1.807) is 25.3 Å². The van der Waals surface area contributed by atoms with Crippen LogP contribution in [0.3, 0.4) is 0 Å². The van der Waals surface area contributed by atoms with Crippen molar-refractivity contribution in [1.82, 2.24) is 39.9 Å². The van der Waals surface area contributed by atoms with E-state index in [0.717, 1.165) is 123 Å². The number of rotatable bonds is 16. The van der Waals surface area contributed by atoms with Gasteiger partial charge < -0.3 is 0 Å². The van der Waals surface area contributed by atoms with Gasteiger partial charge in [0.05, 0.1) is 22.7 Å². The Balaban J connectivity index is 1.32. The quantitative estimate of drug-likeness (QED) is 0.0858. The monoisotopic (exact) mass is 1210 g/mol. The van der Waals surface area contributed by atoms with Gasteiger partial charge in [0.25, 0.3) is 0 Å². The van der Waals surface area contributed by atoms with Gasteiger partial charge in [-0.3, -0.25) is 19.6 Å². The molecule has 0 aliphatic heterocycles. The van der Waals surface area contributed by atoms with Crippen LogP contribution in [0.2, 0.25) is 0 Å². The number of nitrogens with zero attached hydrogens (tertiary/aromatic N) is 12. The van der Waals surface area contributed by atoms with E-state index in [9.17, 15) is 0 Å². The highest BCUT2D eigenvalue weighted by atomic mass is 15.2. The van der Waals surface area contributed by atoms with Crippen molar-refractivity contribution in [2.24, 2.45) is 0 Å². The summed E-state index contributed by atoms with van der Waals surface area (Å²) in [4.78, 5) is 49.1. The molecule has 12 rings (SSSR count). The van der Waals surface area contributed by atoms with Crippen LogP contribution in [-0.2, 0) is 47.3 Å². The molecular weight excluding hydrogens is 1130 g/mol. The van der Waals surface area contributed by atoms with Gasteiger partial charge in [0.1, 0.15) is 48.6 Å². The van der Waals surface area contributed by atoms with Crippen molar-refractivity contribution in [3.63, 3.8) is 0 Å². The van der Waals surface area contributed by atoms with Gasteiger partial charge in [-0.1, -0.05) is 184 Å². The predicted molar refractivity (Wildman–Crippen MR) is 384 cm³/mol. The summed E-state index contributed by atoms with van der Waals surface area (Å²) in [5.41, 5.74) is 16.2. The predicted octanol–water partition coefficient (Wildman–Crippen LogP) is 21.1. The molecule has 0 bridgehead atoms. The highest BCUT2D eigenvalue weighted by molar-refractivity contribution is 6.33. The first-order chi connectivity index (χ1) is 44.0. The Bertz CT molecular complexity index is 4030. The lowest BCUT2D eigenvalue weighted by Crippen LogP contribution is -2.19. The third kappa shape index (κ3) is 11.6. The van der Waals surface area contributed by atoms with Crippen LogP contribution in [0.4, 0.5) is 68.8 Å². The Morgan fingerprint density at radius 2 is 0.467 bits per heavy atom. The topological polar surface area (TPSA) is 116 Å². The van der Waals surface area contributed by atoms with Crippen LogP contribution in [0, 0.1) is 0 Å². The molecule has 0 radical (unpaired) electrons. The van der Waals surface area contributed by atoms with Crippen molar-refractivity contribution in [2.45, 2.75) is 158 Å². The molecule has 4 heterocycles. The molecule has 8 aromatic carbocycles. The lowest BCUT2D eigenvalue weighted by atomic mass is 9.86. The lowest BCUT2D eigenvalue weighted by molar-refractivity contribution is 0.590. The summed E-state index contributed by atoms with van der Waals surface area (Å²) >= 11 is 0. The second kappa shape index (κ2) is 24.5. The van der Waals surface area contributed by atoms with Gasteiger partial charge in [0.2, 0.25) is 0 Å². The first-order valence-electron chi connectivity index (χ1n) is 32.6. The molecule has 0 aliphatic carbocycles. The van der Waals surface area contributed by atoms with E-state index >= 15 is 0 Å². The maximum Gasteiger partial charge on any atom is 0.144 e. The van der Waals surface area contributed by atoms with E-state index in [4.69, 9.17) is 19.9 Å². The molecule has 0 atom stereocenters. The molecule has 0 unspecified atom stereocenters. The summed E-state index contributed by atoms with van der Waals surface area (Å²) < 4.78 is 0. The van der Waals surface area contributed by atoms with Gasteiger partial charge in [-0.2, -0.15) is 0 Å². The van der Waals surface area contributed by atoms with E-state index in [1.807, 2.05) is 24.8 Å². The lowest BCUT2D eigenvalue weighted by Gasteiger charge is -2.35. The van der Waals surface area contributed by atoms with Gasteiger partial charge in [0, 0.05) is 102 Å². The van der Waals surface area contributed by atoms with Crippen molar-refractivity contribution in [3.05, 3.63) is 228 Å². The molecule has 4 aromatic heterocycles. The molecule has 0 amide bonds. The molecule has 0 saturated carbocycles. The van der Waals surface area contributed by atoms with Gasteiger partial charge in [0.15, 0.2) is 0 Å². The number of anilines is 12. The minimum absolute atomic E-state index is 0.0849. The number of aryl methyl sites for hydroxylation is 4. The number of hydrogen-bond donors (Lipinski definition) is 0. The minimum Gasteiger partial charge on any atom is -0.294 e. The third-order valence-corrected chi connectivity index (χ3v) is 18.2. The maximum absolute atomic E-state index is 5.26. The molecule has 12 nitrogen and oxygen atoms in total. The van der Waals surface area contributed by atoms with Crippen LogP contribution in [0.1, 0.15) is 155 Å². The van der Waals surface area contributed by atoms with Crippen molar-refractivity contribution in [3.8, 4) is 0 Å². The van der Waals surface area contributed by atoms with E-state index < -0.39 is 0 Å². The van der Waals surface area contributed by atoms with E-state index in [0.29, 0.717) is 25.7 Å². The van der Waals surface area contributed by atoms with Gasteiger partial charge >= 0.3 is 0 Å². The zero-order chi connectivity index (χ0) is 65.0. The molecule has 0 fully saturated rings. The summed E-state index contributed by atoms with van der Waals surface area (Å²) in [6, 6.07) is 50.3. The van der Waals surface area contributed by atoms with E-state index in [2.05, 4.69) is 284 Å². The summed E-state index contributed by atoms with van der Waals surface area (Å²) in [7, 11) is 0. The van der Waals surface area contributed by atoms with Crippen molar-refractivity contribution in [2.75, 3.05) is 19.6 Å². The number of aromatic nitrogens is 8.